The van der Waals surface area contributed by atoms with Gasteiger partial charge in [-0.05, 0) is 52.9 Å². The molecule has 0 bridgehead atoms. The zero-order chi connectivity index (χ0) is 19.5. The van der Waals surface area contributed by atoms with Gasteiger partial charge in [0.1, 0.15) is 0 Å². The van der Waals surface area contributed by atoms with Crippen LogP contribution in [0.2, 0.25) is 13.1 Å². The van der Waals surface area contributed by atoms with Gasteiger partial charge in [0.15, 0.2) is 0 Å². The highest BCUT2D eigenvalue weighted by molar-refractivity contribution is 6.75. The van der Waals surface area contributed by atoms with Crippen molar-refractivity contribution in [3.63, 3.8) is 0 Å². The first-order valence-corrected chi connectivity index (χ1v) is 13.8. The fourth-order valence-corrected chi connectivity index (χ4v) is 5.77. The summed E-state index contributed by atoms with van der Waals surface area (Å²) in [4.78, 5) is 0. The lowest BCUT2D eigenvalue weighted by Crippen LogP contribution is -2.37. The average Bonchev–Trinajstić information content (AvgIpc) is 2.60. The summed E-state index contributed by atoms with van der Waals surface area (Å²) in [5.41, 5.74) is 8.18. The van der Waals surface area contributed by atoms with Gasteiger partial charge in [0, 0.05) is 37.6 Å². The molecule has 0 spiro atoms. The molecule has 0 N–H and O–H groups in total. The van der Waals surface area contributed by atoms with Gasteiger partial charge in [-0.25, -0.2) is 0 Å². The van der Waals surface area contributed by atoms with Crippen molar-refractivity contribution in [3.05, 3.63) is 35.4 Å². The number of benzene rings is 1. The molecule has 0 atom stereocenters. The first-order chi connectivity index (χ1) is 12.4. The molecule has 0 fully saturated rings. The minimum absolute atomic E-state index is 0.589. The summed E-state index contributed by atoms with van der Waals surface area (Å²) in [7, 11) is -4.98. The van der Waals surface area contributed by atoms with Crippen molar-refractivity contribution >= 4 is 17.1 Å². The molecule has 1 aromatic rings. The van der Waals surface area contributed by atoms with E-state index in [1.165, 1.54) is 0 Å². The van der Waals surface area contributed by atoms with Gasteiger partial charge in [-0.1, -0.05) is 35.1 Å². The van der Waals surface area contributed by atoms with Crippen LogP contribution in [0.4, 0.5) is 0 Å². The molecule has 0 aromatic heterocycles. The van der Waals surface area contributed by atoms with Crippen molar-refractivity contribution in [2.75, 3.05) is 26.4 Å². The Hall–Kier alpha value is -1.39. The van der Waals surface area contributed by atoms with E-state index in [9.17, 15) is 0 Å². The SMILES string of the molecule is CCO[Si](C)(C#Cc1ccccc1C#C[Si](C)(OCC)OCC)OCC. The molecule has 4 nitrogen and oxygen atoms in total. The number of hydrogen-bond donors (Lipinski definition) is 0. The maximum Gasteiger partial charge on any atom is 0.420 e. The van der Waals surface area contributed by atoms with Crippen LogP contribution in [-0.4, -0.2) is 43.5 Å². The zero-order valence-corrected chi connectivity index (χ0v) is 18.8. The quantitative estimate of drug-likeness (QED) is 0.500. The molecule has 1 rings (SSSR count). The minimum Gasteiger partial charge on any atom is -0.386 e. The van der Waals surface area contributed by atoms with Crippen molar-refractivity contribution < 1.29 is 17.7 Å². The lowest BCUT2D eigenvalue weighted by atomic mass is 10.1. The fraction of sp³-hybridized carbons (Fsp3) is 0.500. The largest absolute Gasteiger partial charge is 0.420 e. The van der Waals surface area contributed by atoms with Crippen LogP contribution < -0.4 is 0 Å². The smallest absolute Gasteiger partial charge is 0.386 e. The molecule has 0 aliphatic rings. The number of hydrogen-bond acceptors (Lipinski definition) is 4. The van der Waals surface area contributed by atoms with E-state index < -0.39 is 17.1 Å². The van der Waals surface area contributed by atoms with E-state index in [4.69, 9.17) is 17.7 Å². The summed E-state index contributed by atoms with van der Waals surface area (Å²) in [5.74, 6) is 6.43. The minimum atomic E-state index is -2.49. The van der Waals surface area contributed by atoms with Gasteiger partial charge < -0.3 is 17.7 Å². The lowest BCUT2D eigenvalue weighted by molar-refractivity contribution is 0.202. The summed E-state index contributed by atoms with van der Waals surface area (Å²) in [6, 6.07) is 7.84. The second-order valence-electron chi connectivity index (χ2n) is 5.67. The van der Waals surface area contributed by atoms with Crippen LogP contribution >= 0.6 is 0 Å². The van der Waals surface area contributed by atoms with Gasteiger partial charge >= 0.3 is 17.1 Å². The van der Waals surface area contributed by atoms with E-state index in [1.807, 2.05) is 65.1 Å². The van der Waals surface area contributed by atoms with Crippen LogP contribution in [0, 0.1) is 22.9 Å². The van der Waals surface area contributed by atoms with Crippen LogP contribution in [0.3, 0.4) is 0 Å². The van der Waals surface area contributed by atoms with E-state index in [-0.39, 0.29) is 0 Å². The Balaban J connectivity index is 3.18. The van der Waals surface area contributed by atoms with Gasteiger partial charge in [0.25, 0.3) is 0 Å². The van der Waals surface area contributed by atoms with Gasteiger partial charge in [-0.3, -0.25) is 0 Å². The second kappa shape index (κ2) is 11.4. The molecule has 0 saturated heterocycles. The van der Waals surface area contributed by atoms with E-state index in [0.717, 1.165) is 11.1 Å². The van der Waals surface area contributed by atoms with E-state index in [0.29, 0.717) is 26.4 Å². The van der Waals surface area contributed by atoms with E-state index in [2.05, 4.69) is 22.9 Å². The Kier molecular flexibility index (Phi) is 9.89. The van der Waals surface area contributed by atoms with Gasteiger partial charge in [-0.15, -0.1) is 0 Å². The van der Waals surface area contributed by atoms with E-state index >= 15 is 0 Å². The molecule has 142 valence electrons. The molecule has 0 amide bonds. The summed E-state index contributed by atoms with van der Waals surface area (Å²) in [6.07, 6.45) is 0. The van der Waals surface area contributed by atoms with Gasteiger partial charge in [0.05, 0.1) is 0 Å². The molecule has 0 aliphatic heterocycles. The van der Waals surface area contributed by atoms with Crippen LogP contribution in [0.5, 0.6) is 0 Å². The fourth-order valence-electron chi connectivity index (χ4n) is 2.39. The highest BCUT2D eigenvalue weighted by atomic mass is 28.4. The zero-order valence-electron chi connectivity index (χ0n) is 16.8. The molecule has 0 aliphatic carbocycles. The van der Waals surface area contributed by atoms with Crippen molar-refractivity contribution in [1.82, 2.24) is 0 Å². The third-order valence-corrected chi connectivity index (χ3v) is 7.97. The van der Waals surface area contributed by atoms with Crippen LogP contribution in [0.1, 0.15) is 38.8 Å². The Morgan fingerprint density at radius 2 is 0.962 bits per heavy atom. The summed E-state index contributed by atoms with van der Waals surface area (Å²) in [6.45, 7) is 14.1. The van der Waals surface area contributed by atoms with Crippen molar-refractivity contribution in [3.8, 4) is 22.9 Å². The van der Waals surface area contributed by atoms with Gasteiger partial charge in [-0.2, -0.15) is 0 Å². The first-order valence-electron chi connectivity index (χ1n) is 9.13. The Morgan fingerprint density at radius 3 is 1.23 bits per heavy atom. The number of rotatable bonds is 8. The summed E-state index contributed by atoms with van der Waals surface area (Å²) >= 11 is 0. The van der Waals surface area contributed by atoms with Crippen molar-refractivity contribution in [1.29, 1.82) is 0 Å². The molecule has 1 aromatic carbocycles. The van der Waals surface area contributed by atoms with Crippen LogP contribution in [0.25, 0.3) is 0 Å². The molecule has 6 heteroatoms. The van der Waals surface area contributed by atoms with Crippen LogP contribution in [0.15, 0.2) is 24.3 Å². The highest BCUT2D eigenvalue weighted by Gasteiger charge is 2.29. The highest BCUT2D eigenvalue weighted by Crippen LogP contribution is 2.11. The Labute approximate surface area is 160 Å². The molecule has 0 unspecified atom stereocenters. The Morgan fingerprint density at radius 1 is 0.654 bits per heavy atom. The average molecular weight is 391 g/mol. The second-order valence-corrected chi connectivity index (χ2v) is 11.1. The maximum atomic E-state index is 5.78. The molecule has 0 heterocycles. The third kappa shape index (κ3) is 7.47. The van der Waals surface area contributed by atoms with Crippen molar-refractivity contribution in [2.24, 2.45) is 0 Å². The summed E-state index contributed by atoms with van der Waals surface area (Å²) in [5, 5.41) is 0. The van der Waals surface area contributed by atoms with Crippen molar-refractivity contribution in [2.45, 2.75) is 40.8 Å². The maximum absolute atomic E-state index is 5.78. The predicted octanol–water partition coefficient (Wildman–Crippen LogP) is 3.76. The molecular formula is C20H30O4Si2. The monoisotopic (exact) mass is 390 g/mol. The molecular weight excluding hydrogens is 360 g/mol. The predicted molar refractivity (Wildman–Crippen MR) is 110 cm³/mol. The molecule has 0 saturated carbocycles. The van der Waals surface area contributed by atoms with Crippen LogP contribution in [-0.2, 0) is 17.7 Å². The van der Waals surface area contributed by atoms with Gasteiger partial charge in [0.2, 0.25) is 0 Å². The normalized spacial score (nSPS) is 11.3. The standard InChI is InChI=1S/C20H30O4Si2/c1-7-21-25(5,22-8-2)17-15-19-13-11-12-14-20(19)16-18-26(6,23-9-3)24-10-4/h11-14H,7-10H2,1-6H3. The Bertz CT molecular complexity index is 611. The first kappa shape index (κ1) is 22.7. The summed E-state index contributed by atoms with van der Waals surface area (Å²) < 4.78 is 23.1. The topological polar surface area (TPSA) is 36.9 Å². The third-order valence-electron chi connectivity index (χ3n) is 3.45. The lowest BCUT2D eigenvalue weighted by Gasteiger charge is -2.19. The molecule has 26 heavy (non-hydrogen) atoms. The van der Waals surface area contributed by atoms with E-state index in [1.54, 1.807) is 0 Å². The molecule has 0 radical (unpaired) electrons.